The minimum Gasteiger partial charge on any atom is -0.459 e. The molecular formula is C14H21O6P. The van der Waals surface area contributed by atoms with Crippen LogP contribution in [0.5, 0.6) is 0 Å². The van der Waals surface area contributed by atoms with Crippen LogP contribution in [0.1, 0.15) is 43.6 Å². The molecule has 0 aromatic heterocycles. The molecular weight excluding hydrogens is 295 g/mol. The van der Waals surface area contributed by atoms with Crippen LogP contribution in [0.15, 0.2) is 24.3 Å². The Kier molecular flexibility index (Phi) is 5.70. The predicted molar refractivity (Wildman–Crippen MR) is 78.0 cm³/mol. The van der Waals surface area contributed by atoms with Crippen molar-refractivity contribution in [3.63, 3.8) is 0 Å². The average Bonchev–Trinajstić information content (AvgIpc) is 2.35. The van der Waals surface area contributed by atoms with Crippen LogP contribution in [0.25, 0.3) is 0 Å². The number of ether oxygens (including phenoxy) is 1. The van der Waals surface area contributed by atoms with Crippen LogP contribution >= 0.6 is 7.82 Å². The summed E-state index contributed by atoms with van der Waals surface area (Å²) in [6.45, 7) is 6.77. The van der Waals surface area contributed by atoms with Gasteiger partial charge >= 0.3 is 13.8 Å². The van der Waals surface area contributed by atoms with Gasteiger partial charge in [0.05, 0.1) is 18.3 Å². The zero-order chi connectivity index (χ0) is 16.3. The molecule has 1 aromatic rings. The van der Waals surface area contributed by atoms with Crippen LogP contribution < -0.4 is 0 Å². The Morgan fingerprint density at radius 2 is 1.86 bits per heavy atom. The summed E-state index contributed by atoms with van der Waals surface area (Å²) in [4.78, 5) is 29.8. The molecule has 0 spiro atoms. The summed E-state index contributed by atoms with van der Waals surface area (Å²) >= 11 is 0. The highest BCUT2D eigenvalue weighted by molar-refractivity contribution is 7.46. The van der Waals surface area contributed by atoms with Gasteiger partial charge in [-0.25, -0.2) is 9.36 Å². The lowest BCUT2D eigenvalue weighted by Gasteiger charge is -2.27. The molecule has 1 rings (SSSR count). The number of phosphoric ester groups is 1. The number of rotatable bonds is 6. The lowest BCUT2D eigenvalue weighted by molar-refractivity contribution is 0.0374. The molecule has 0 radical (unpaired) electrons. The standard InChI is InChI=1S/C14H21O6P/c1-10(2)20-13(15)11-7-5-6-8-12(11)14(3,4)9-19-21(16,17)18/h5-8,10H,9H2,1-4H3,(H2,16,17,18). The number of hydrogen-bond donors (Lipinski definition) is 2. The molecule has 118 valence electrons. The van der Waals surface area contributed by atoms with Gasteiger partial charge in [-0.3, -0.25) is 4.52 Å². The molecule has 0 heterocycles. The van der Waals surface area contributed by atoms with Crippen LogP contribution in [0, 0.1) is 0 Å². The first-order valence-corrected chi connectivity index (χ1v) is 8.06. The average molecular weight is 316 g/mol. The molecule has 2 N–H and O–H groups in total. The molecule has 0 bridgehead atoms. The molecule has 0 amide bonds. The Bertz CT molecular complexity index is 546. The summed E-state index contributed by atoms with van der Waals surface area (Å²) < 4.78 is 20.6. The molecule has 0 saturated heterocycles. The van der Waals surface area contributed by atoms with Gasteiger partial charge in [0.1, 0.15) is 0 Å². The number of esters is 1. The molecule has 0 aliphatic heterocycles. The Morgan fingerprint density at radius 1 is 1.29 bits per heavy atom. The normalized spacial score (nSPS) is 12.5. The summed E-state index contributed by atoms with van der Waals surface area (Å²) in [6, 6.07) is 6.81. The summed E-state index contributed by atoms with van der Waals surface area (Å²) in [5, 5.41) is 0. The maximum atomic E-state index is 12.1. The van der Waals surface area contributed by atoms with Crippen molar-refractivity contribution in [3.05, 3.63) is 35.4 Å². The SMILES string of the molecule is CC(C)OC(=O)c1ccccc1C(C)(C)COP(=O)(O)O. The van der Waals surface area contributed by atoms with E-state index in [2.05, 4.69) is 4.52 Å². The fraction of sp³-hybridized carbons (Fsp3) is 0.500. The van der Waals surface area contributed by atoms with Gasteiger partial charge in [-0.05, 0) is 25.5 Å². The molecule has 7 heteroatoms. The third-order valence-corrected chi connectivity index (χ3v) is 3.28. The van der Waals surface area contributed by atoms with Gasteiger partial charge in [0.25, 0.3) is 0 Å². The lowest BCUT2D eigenvalue weighted by atomic mass is 9.82. The minimum absolute atomic E-state index is 0.219. The van der Waals surface area contributed by atoms with E-state index < -0.39 is 19.2 Å². The summed E-state index contributed by atoms with van der Waals surface area (Å²) in [6.07, 6.45) is -0.250. The summed E-state index contributed by atoms with van der Waals surface area (Å²) in [5.74, 6) is -0.468. The van der Waals surface area contributed by atoms with E-state index in [4.69, 9.17) is 14.5 Å². The smallest absolute Gasteiger partial charge is 0.459 e. The quantitative estimate of drug-likeness (QED) is 0.619. The number of benzene rings is 1. The van der Waals surface area contributed by atoms with E-state index in [9.17, 15) is 9.36 Å². The molecule has 1 aromatic carbocycles. The number of phosphoric acid groups is 1. The molecule has 0 saturated carbocycles. The van der Waals surface area contributed by atoms with Crippen LogP contribution in [0.2, 0.25) is 0 Å². The second-order valence-corrected chi connectivity index (χ2v) is 6.89. The largest absolute Gasteiger partial charge is 0.469 e. The van der Waals surface area contributed by atoms with Gasteiger partial charge < -0.3 is 14.5 Å². The number of carbonyl (C=O) groups is 1. The molecule has 0 fully saturated rings. The van der Waals surface area contributed by atoms with E-state index in [0.29, 0.717) is 11.1 Å². The van der Waals surface area contributed by atoms with E-state index in [-0.39, 0.29) is 12.7 Å². The van der Waals surface area contributed by atoms with Crippen molar-refractivity contribution in [1.82, 2.24) is 0 Å². The highest BCUT2D eigenvalue weighted by atomic mass is 31.2. The van der Waals surface area contributed by atoms with Crippen molar-refractivity contribution in [2.45, 2.75) is 39.2 Å². The van der Waals surface area contributed by atoms with Crippen molar-refractivity contribution in [2.75, 3.05) is 6.61 Å². The van der Waals surface area contributed by atoms with E-state index in [1.165, 1.54) is 0 Å². The van der Waals surface area contributed by atoms with E-state index in [0.717, 1.165) is 0 Å². The molecule has 6 nitrogen and oxygen atoms in total. The predicted octanol–water partition coefficient (Wildman–Crippen LogP) is 2.64. The fourth-order valence-corrected chi connectivity index (χ4v) is 2.34. The maximum Gasteiger partial charge on any atom is 0.469 e. The summed E-state index contributed by atoms with van der Waals surface area (Å²) in [7, 11) is -4.56. The van der Waals surface area contributed by atoms with Crippen LogP contribution in [-0.4, -0.2) is 28.5 Å². The molecule has 0 aliphatic rings. The van der Waals surface area contributed by atoms with E-state index >= 15 is 0 Å². The molecule has 0 atom stereocenters. The minimum atomic E-state index is -4.56. The molecule has 21 heavy (non-hydrogen) atoms. The number of hydrogen-bond acceptors (Lipinski definition) is 4. The van der Waals surface area contributed by atoms with Gasteiger partial charge in [0.2, 0.25) is 0 Å². The molecule has 0 aliphatic carbocycles. The second-order valence-electron chi connectivity index (χ2n) is 5.65. The Hall–Kier alpha value is -1.20. The van der Waals surface area contributed by atoms with Gasteiger partial charge in [-0.1, -0.05) is 32.0 Å². The Balaban J connectivity index is 3.06. The van der Waals surface area contributed by atoms with Gasteiger partial charge in [0, 0.05) is 5.41 Å². The van der Waals surface area contributed by atoms with Crippen LogP contribution in [0.4, 0.5) is 0 Å². The fourth-order valence-electron chi connectivity index (χ4n) is 1.85. The third kappa shape index (κ3) is 5.59. The zero-order valence-electron chi connectivity index (χ0n) is 12.6. The Morgan fingerprint density at radius 3 is 2.38 bits per heavy atom. The highest BCUT2D eigenvalue weighted by Gasteiger charge is 2.30. The first kappa shape index (κ1) is 17.9. The van der Waals surface area contributed by atoms with E-state index in [1.807, 2.05) is 0 Å². The van der Waals surface area contributed by atoms with Crippen molar-refractivity contribution in [3.8, 4) is 0 Å². The van der Waals surface area contributed by atoms with Gasteiger partial charge in [0.15, 0.2) is 0 Å². The first-order valence-electron chi connectivity index (χ1n) is 6.53. The van der Waals surface area contributed by atoms with Crippen LogP contribution in [0.3, 0.4) is 0 Å². The number of carbonyl (C=O) groups excluding carboxylic acids is 1. The van der Waals surface area contributed by atoms with Crippen LogP contribution in [-0.2, 0) is 19.2 Å². The first-order chi connectivity index (χ1) is 9.53. The molecule has 0 unspecified atom stereocenters. The van der Waals surface area contributed by atoms with Crippen molar-refractivity contribution in [1.29, 1.82) is 0 Å². The third-order valence-electron chi connectivity index (χ3n) is 2.81. The Labute approximate surface area is 124 Å². The second kappa shape index (κ2) is 6.71. The maximum absolute atomic E-state index is 12.1. The van der Waals surface area contributed by atoms with Gasteiger partial charge in [-0.15, -0.1) is 0 Å². The van der Waals surface area contributed by atoms with Crippen molar-refractivity contribution < 1.29 is 28.4 Å². The van der Waals surface area contributed by atoms with E-state index in [1.54, 1.807) is 52.0 Å². The highest BCUT2D eigenvalue weighted by Crippen LogP contribution is 2.39. The van der Waals surface area contributed by atoms with Crippen molar-refractivity contribution >= 4 is 13.8 Å². The van der Waals surface area contributed by atoms with Crippen molar-refractivity contribution in [2.24, 2.45) is 0 Å². The zero-order valence-corrected chi connectivity index (χ0v) is 13.5. The topological polar surface area (TPSA) is 93.1 Å². The lowest BCUT2D eigenvalue weighted by Crippen LogP contribution is -2.27. The monoisotopic (exact) mass is 316 g/mol. The summed E-state index contributed by atoms with van der Waals surface area (Å²) in [5.41, 5.74) is 0.225. The van der Waals surface area contributed by atoms with Gasteiger partial charge in [-0.2, -0.15) is 0 Å².